The van der Waals surface area contributed by atoms with Crippen molar-refractivity contribution in [2.24, 2.45) is 11.1 Å². The molecule has 0 radical (unpaired) electrons. The van der Waals surface area contributed by atoms with E-state index in [4.69, 9.17) is 21.8 Å². The smallest absolute Gasteiger partial charge is 0.152 e. The van der Waals surface area contributed by atoms with Crippen LogP contribution >= 0.6 is 11.6 Å². The minimum absolute atomic E-state index is 0.0323. The molecule has 3 heteroatoms. The van der Waals surface area contributed by atoms with Crippen molar-refractivity contribution in [2.45, 2.75) is 33.7 Å². The number of aryl methyl sites for hydroxylation is 1. The Morgan fingerprint density at radius 3 is 2.47 bits per heavy atom. The summed E-state index contributed by atoms with van der Waals surface area (Å²) in [5.41, 5.74) is 8.01. The van der Waals surface area contributed by atoms with Gasteiger partial charge in [0.1, 0.15) is 5.76 Å². The fraction of sp³-hybridized carbons (Fsp3) is 0.429. The van der Waals surface area contributed by atoms with E-state index in [1.807, 2.05) is 19.1 Å². The van der Waals surface area contributed by atoms with Gasteiger partial charge in [-0.3, -0.25) is 0 Å². The Morgan fingerprint density at radius 1 is 1.24 bits per heavy atom. The van der Waals surface area contributed by atoms with Gasteiger partial charge in [0.15, 0.2) is 5.58 Å². The molecule has 2 N–H and O–H groups in total. The zero-order valence-corrected chi connectivity index (χ0v) is 11.4. The molecule has 2 aromatic rings. The lowest BCUT2D eigenvalue weighted by atomic mass is 9.86. The molecule has 0 saturated heterocycles. The SMILES string of the molecule is Cc1cc(Cl)c2oc(C(N)C(C)(C)C)cc2c1. The van der Waals surface area contributed by atoms with Crippen LogP contribution in [-0.2, 0) is 0 Å². The highest BCUT2D eigenvalue weighted by atomic mass is 35.5. The average molecular weight is 252 g/mol. The van der Waals surface area contributed by atoms with Gasteiger partial charge in [-0.15, -0.1) is 0 Å². The van der Waals surface area contributed by atoms with Gasteiger partial charge in [0.05, 0.1) is 11.1 Å². The van der Waals surface area contributed by atoms with Gasteiger partial charge in [-0.05, 0) is 36.1 Å². The van der Waals surface area contributed by atoms with Crippen LogP contribution in [-0.4, -0.2) is 0 Å². The molecule has 0 aliphatic carbocycles. The number of furan rings is 1. The molecule has 1 aromatic heterocycles. The molecule has 0 saturated carbocycles. The molecule has 0 aliphatic heterocycles. The summed E-state index contributed by atoms with van der Waals surface area (Å²) in [6, 6.07) is 5.82. The van der Waals surface area contributed by atoms with Crippen molar-refractivity contribution in [2.75, 3.05) is 0 Å². The number of nitrogens with two attached hydrogens (primary N) is 1. The molecule has 1 heterocycles. The molecule has 92 valence electrons. The minimum atomic E-state index is -0.133. The lowest BCUT2D eigenvalue weighted by molar-refractivity contribution is 0.290. The minimum Gasteiger partial charge on any atom is -0.458 e. The fourth-order valence-corrected chi connectivity index (χ4v) is 2.17. The number of rotatable bonds is 1. The second-order valence-electron chi connectivity index (χ2n) is 5.66. The summed E-state index contributed by atoms with van der Waals surface area (Å²) in [7, 11) is 0. The Kier molecular flexibility index (Phi) is 2.96. The van der Waals surface area contributed by atoms with Crippen LogP contribution in [0.3, 0.4) is 0 Å². The van der Waals surface area contributed by atoms with Gasteiger partial charge in [-0.25, -0.2) is 0 Å². The lowest BCUT2D eigenvalue weighted by Crippen LogP contribution is -2.25. The zero-order valence-electron chi connectivity index (χ0n) is 10.7. The van der Waals surface area contributed by atoms with Crippen molar-refractivity contribution in [1.29, 1.82) is 0 Å². The quantitative estimate of drug-likeness (QED) is 0.814. The summed E-state index contributed by atoms with van der Waals surface area (Å²) < 4.78 is 5.79. The molecule has 0 aliphatic rings. The number of hydrogen-bond donors (Lipinski definition) is 1. The van der Waals surface area contributed by atoms with Crippen LogP contribution in [0.1, 0.15) is 38.1 Å². The molecule has 0 amide bonds. The van der Waals surface area contributed by atoms with E-state index in [0.717, 1.165) is 22.3 Å². The number of hydrogen-bond acceptors (Lipinski definition) is 2. The van der Waals surface area contributed by atoms with E-state index in [0.29, 0.717) is 5.02 Å². The molecule has 1 aromatic carbocycles. The standard InChI is InChI=1S/C14H18ClNO/c1-8-5-9-7-11(13(16)14(2,3)4)17-12(9)10(15)6-8/h5-7,13H,16H2,1-4H3. The highest BCUT2D eigenvalue weighted by Crippen LogP contribution is 2.36. The maximum Gasteiger partial charge on any atom is 0.152 e. The van der Waals surface area contributed by atoms with Crippen molar-refractivity contribution in [3.63, 3.8) is 0 Å². The van der Waals surface area contributed by atoms with E-state index in [-0.39, 0.29) is 11.5 Å². The monoisotopic (exact) mass is 251 g/mol. The molecule has 0 spiro atoms. The first kappa shape index (κ1) is 12.5. The van der Waals surface area contributed by atoms with Gasteiger partial charge in [0.2, 0.25) is 0 Å². The maximum absolute atomic E-state index is 6.19. The Morgan fingerprint density at radius 2 is 1.88 bits per heavy atom. The predicted octanol–water partition coefficient (Wildman–Crippen LogP) is 4.44. The summed E-state index contributed by atoms with van der Waals surface area (Å²) in [6.07, 6.45) is 0. The van der Waals surface area contributed by atoms with Crippen molar-refractivity contribution >= 4 is 22.6 Å². The normalized spacial score (nSPS) is 14.2. The van der Waals surface area contributed by atoms with E-state index in [9.17, 15) is 0 Å². The van der Waals surface area contributed by atoms with Crippen molar-refractivity contribution < 1.29 is 4.42 Å². The molecular weight excluding hydrogens is 234 g/mol. The lowest BCUT2D eigenvalue weighted by Gasteiger charge is -2.24. The van der Waals surface area contributed by atoms with Gasteiger partial charge < -0.3 is 10.2 Å². The van der Waals surface area contributed by atoms with Gasteiger partial charge in [-0.2, -0.15) is 0 Å². The van der Waals surface area contributed by atoms with E-state index in [2.05, 4.69) is 26.8 Å². The van der Waals surface area contributed by atoms with Gasteiger partial charge in [0, 0.05) is 5.39 Å². The van der Waals surface area contributed by atoms with Crippen molar-refractivity contribution in [1.82, 2.24) is 0 Å². The molecule has 0 bridgehead atoms. The van der Waals surface area contributed by atoms with E-state index in [1.165, 1.54) is 0 Å². The Balaban J connectivity index is 2.56. The number of fused-ring (bicyclic) bond motifs is 1. The van der Waals surface area contributed by atoms with Crippen molar-refractivity contribution in [3.05, 3.63) is 34.5 Å². The van der Waals surface area contributed by atoms with Gasteiger partial charge in [0.25, 0.3) is 0 Å². The fourth-order valence-electron chi connectivity index (χ4n) is 1.85. The van der Waals surface area contributed by atoms with E-state index >= 15 is 0 Å². The highest BCUT2D eigenvalue weighted by molar-refractivity contribution is 6.34. The molecule has 1 atom stereocenters. The summed E-state index contributed by atoms with van der Waals surface area (Å²) in [5.74, 6) is 0.792. The molecule has 1 unspecified atom stereocenters. The van der Waals surface area contributed by atoms with Gasteiger partial charge >= 0.3 is 0 Å². The van der Waals surface area contributed by atoms with Crippen LogP contribution in [0, 0.1) is 12.3 Å². The van der Waals surface area contributed by atoms with Crippen LogP contribution in [0.25, 0.3) is 11.0 Å². The summed E-state index contributed by atoms with van der Waals surface area (Å²) >= 11 is 6.16. The second kappa shape index (κ2) is 4.04. The second-order valence-corrected chi connectivity index (χ2v) is 6.06. The topological polar surface area (TPSA) is 39.2 Å². The maximum atomic E-state index is 6.19. The first-order valence-corrected chi connectivity index (χ1v) is 6.12. The average Bonchev–Trinajstić information content (AvgIpc) is 2.58. The Hall–Kier alpha value is -0.990. The zero-order chi connectivity index (χ0) is 12.8. The Bertz CT molecular complexity index is 551. The third-order valence-corrected chi connectivity index (χ3v) is 3.25. The molecule has 2 rings (SSSR count). The van der Waals surface area contributed by atoms with Crippen LogP contribution in [0.15, 0.2) is 22.6 Å². The van der Waals surface area contributed by atoms with Crippen LogP contribution in [0.4, 0.5) is 0 Å². The number of halogens is 1. The predicted molar refractivity (Wildman–Crippen MR) is 72.3 cm³/mol. The first-order valence-electron chi connectivity index (χ1n) is 5.74. The van der Waals surface area contributed by atoms with Gasteiger partial charge in [-0.1, -0.05) is 32.4 Å². The molecular formula is C14H18ClNO. The van der Waals surface area contributed by atoms with Crippen LogP contribution in [0.5, 0.6) is 0 Å². The van der Waals surface area contributed by atoms with Crippen LogP contribution in [0.2, 0.25) is 5.02 Å². The van der Waals surface area contributed by atoms with E-state index in [1.54, 1.807) is 0 Å². The van der Waals surface area contributed by atoms with Crippen LogP contribution < -0.4 is 5.73 Å². The first-order chi connectivity index (χ1) is 7.79. The number of benzene rings is 1. The summed E-state index contributed by atoms with van der Waals surface area (Å²) in [5, 5.41) is 1.66. The molecule has 2 nitrogen and oxygen atoms in total. The Labute approximate surface area is 107 Å². The summed E-state index contributed by atoms with van der Waals surface area (Å²) in [6.45, 7) is 8.30. The third kappa shape index (κ3) is 2.33. The highest BCUT2D eigenvalue weighted by Gasteiger charge is 2.25. The molecule has 17 heavy (non-hydrogen) atoms. The van der Waals surface area contributed by atoms with Crippen molar-refractivity contribution in [3.8, 4) is 0 Å². The van der Waals surface area contributed by atoms with E-state index < -0.39 is 0 Å². The third-order valence-electron chi connectivity index (χ3n) is 2.97. The summed E-state index contributed by atoms with van der Waals surface area (Å²) in [4.78, 5) is 0. The largest absolute Gasteiger partial charge is 0.458 e. The molecule has 0 fully saturated rings.